The van der Waals surface area contributed by atoms with Crippen LogP contribution < -0.4 is 5.32 Å². The number of carboxylic acids is 1. The highest BCUT2D eigenvalue weighted by atomic mass is 79.9. The summed E-state index contributed by atoms with van der Waals surface area (Å²) in [6, 6.07) is 5.03. The Balaban J connectivity index is 2.98. The van der Waals surface area contributed by atoms with Gasteiger partial charge in [0, 0.05) is 11.4 Å². The summed E-state index contributed by atoms with van der Waals surface area (Å²) in [7, 11) is 0. The molecule has 17 heavy (non-hydrogen) atoms. The number of hydrogen-bond acceptors (Lipinski definition) is 2. The Morgan fingerprint density at radius 3 is 2.59 bits per heavy atom. The molecule has 0 aliphatic heterocycles. The van der Waals surface area contributed by atoms with Crippen LogP contribution in [-0.2, 0) is 9.59 Å². The molecule has 1 aromatic rings. The standard InChI is InChI=1S/C12H14BrNO3/c1-7-5-9(3-4-10(7)13)11(6-12(16)17)14-8(2)15/h3-5,11H,6H2,1-2H3,(H,14,15)(H,16,17)/t11-/m1/s1. The van der Waals surface area contributed by atoms with Crippen molar-refractivity contribution in [1.29, 1.82) is 0 Å². The lowest BCUT2D eigenvalue weighted by atomic mass is 10.0. The van der Waals surface area contributed by atoms with Gasteiger partial charge in [-0.1, -0.05) is 28.1 Å². The molecule has 0 saturated carbocycles. The summed E-state index contributed by atoms with van der Waals surface area (Å²) in [6.45, 7) is 3.29. The van der Waals surface area contributed by atoms with Gasteiger partial charge in [-0.05, 0) is 24.1 Å². The zero-order chi connectivity index (χ0) is 13.0. The number of benzene rings is 1. The van der Waals surface area contributed by atoms with Crippen LogP contribution in [-0.4, -0.2) is 17.0 Å². The van der Waals surface area contributed by atoms with Crippen LogP contribution >= 0.6 is 15.9 Å². The quantitative estimate of drug-likeness (QED) is 0.897. The van der Waals surface area contributed by atoms with E-state index in [1.54, 1.807) is 6.07 Å². The van der Waals surface area contributed by atoms with Gasteiger partial charge in [0.15, 0.2) is 0 Å². The number of aryl methyl sites for hydroxylation is 1. The van der Waals surface area contributed by atoms with Crippen molar-refractivity contribution in [1.82, 2.24) is 5.32 Å². The summed E-state index contributed by atoms with van der Waals surface area (Å²) in [4.78, 5) is 21.8. The summed E-state index contributed by atoms with van der Waals surface area (Å²) in [5, 5.41) is 11.5. The van der Waals surface area contributed by atoms with Crippen LogP contribution in [0.15, 0.2) is 22.7 Å². The van der Waals surface area contributed by atoms with Crippen molar-refractivity contribution in [3.05, 3.63) is 33.8 Å². The van der Waals surface area contributed by atoms with E-state index in [0.717, 1.165) is 15.6 Å². The van der Waals surface area contributed by atoms with E-state index < -0.39 is 12.0 Å². The van der Waals surface area contributed by atoms with Gasteiger partial charge in [0.25, 0.3) is 0 Å². The summed E-state index contributed by atoms with van der Waals surface area (Å²) < 4.78 is 0.957. The molecule has 0 radical (unpaired) electrons. The molecule has 2 N–H and O–H groups in total. The lowest BCUT2D eigenvalue weighted by Crippen LogP contribution is -2.28. The molecule has 1 amide bonds. The van der Waals surface area contributed by atoms with Gasteiger partial charge in [-0.15, -0.1) is 0 Å². The van der Waals surface area contributed by atoms with Crippen molar-refractivity contribution in [3.63, 3.8) is 0 Å². The van der Waals surface area contributed by atoms with Gasteiger partial charge in [-0.3, -0.25) is 9.59 Å². The number of carbonyl (C=O) groups is 2. The Morgan fingerprint density at radius 1 is 1.47 bits per heavy atom. The molecular formula is C12H14BrNO3. The van der Waals surface area contributed by atoms with Gasteiger partial charge >= 0.3 is 5.97 Å². The largest absolute Gasteiger partial charge is 0.481 e. The number of halogens is 1. The number of amides is 1. The topological polar surface area (TPSA) is 66.4 Å². The molecule has 1 aromatic carbocycles. The Kier molecular flexibility index (Phi) is 4.69. The predicted molar refractivity (Wildman–Crippen MR) is 67.7 cm³/mol. The first kappa shape index (κ1) is 13.7. The van der Waals surface area contributed by atoms with E-state index in [1.807, 2.05) is 19.1 Å². The van der Waals surface area contributed by atoms with Gasteiger partial charge in [0.05, 0.1) is 12.5 Å². The Morgan fingerprint density at radius 2 is 2.12 bits per heavy atom. The molecule has 0 spiro atoms. The number of carbonyl (C=O) groups excluding carboxylic acids is 1. The number of rotatable bonds is 4. The molecule has 1 rings (SSSR count). The Hall–Kier alpha value is -1.36. The van der Waals surface area contributed by atoms with Gasteiger partial charge in [0.1, 0.15) is 0 Å². The van der Waals surface area contributed by atoms with Crippen LogP contribution in [0.3, 0.4) is 0 Å². The monoisotopic (exact) mass is 299 g/mol. The van der Waals surface area contributed by atoms with Crippen molar-refractivity contribution >= 4 is 27.8 Å². The SMILES string of the molecule is CC(=O)N[C@H](CC(=O)O)c1ccc(Br)c(C)c1. The fraction of sp³-hybridized carbons (Fsp3) is 0.333. The zero-order valence-electron chi connectivity index (χ0n) is 9.66. The Bertz CT molecular complexity index is 429. The average molecular weight is 300 g/mol. The molecule has 0 heterocycles. The smallest absolute Gasteiger partial charge is 0.305 e. The number of carboxylic acid groups (broad SMARTS) is 1. The number of aliphatic carboxylic acids is 1. The Labute approximate surface area is 108 Å². The summed E-state index contributed by atoms with van der Waals surface area (Å²) in [6.07, 6.45) is -0.124. The van der Waals surface area contributed by atoms with Crippen LogP contribution in [0.1, 0.15) is 30.5 Å². The highest BCUT2D eigenvalue weighted by Gasteiger charge is 2.16. The molecule has 1 atom stereocenters. The van der Waals surface area contributed by atoms with Crippen LogP contribution in [0.2, 0.25) is 0 Å². The second-order valence-corrected chi connectivity index (χ2v) is 4.71. The van der Waals surface area contributed by atoms with Gasteiger partial charge in [-0.2, -0.15) is 0 Å². The highest BCUT2D eigenvalue weighted by Crippen LogP contribution is 2.23. The number of nitrogens with one attached hydrogen (secondary N) is 1. The molecule has 5 heteroatoms. The molecule has 0 aliphatic rings. The first-order chi connectivity index (χ1) is 7.90. The van der Waals surface area contributed by atoms with Crippen LogP contribution in [0, 0.1) is 6.92 Å². The predicted octanol–water partition coefficient (Wildman–Crippen LogP) is 2.41. The molecule has 0 fully saturated rings. The van der Waals surface area contributed by atoms with Gasteiger partial charge < -0.3 is 10.4 Å². The minimum atomic E-state index is -0.940. The van der Waals surface area contributed by atoms with Crippen molar-refractivity contribution in [3.8, 4) is 0 Å². The van der Waals surface area contributed by atoms with E-state index in [-0.39, 0.29) is 12.3 Å². The summed E-state index contributed by atoms with van der Waals surface area (Å²) >= 11 is 3.38. The van der Waals surface area contributed by atoms with E-state index in [9.17, 15) is 9.59 Å². The fourth-order valence-corrected chi connectivity index (χ4v) is 1.80. The molecule has 0 unspecified atom stereocenters. The second kappa shape index (κ2) is 5.82. The minimum absolute atomic E-state index is 0.124. The van der Waals surface area contributed by atoms with Crippen molar-refractivity contribution in [2.75, 3.05) is 0 Å². The summed E-state index contributed by atoms with van der Waals surface area (Å²) in [5.74, 6) is -1.18. The molecule has 0 aliphatic carbocycles. The molecule has 0 saturated heterocycles. The van der Waals surface area contributed by atoms with Crippen LogP contribution in [0.25, 0.3) is 0 Å². The molecule has 0 bridgehead atoms. The third-order valence-corrected chi connectivity index (χ3v) is 3.23. The third kappa shape index (κ3) is 4.19. The lowest BCUT2D eigenvalue weighted by Gasteiger charge is -2.17. The summed E-state index contributed by atoms with van der Waals surface area (Å²) in [5.41, 5.74) is 1.80. The fourth-order valence-electron chi connectivity index (χ4n) is 1.56. The minimum Gasteiger partial charge on any atom is -0.481 e. The van der Waals surface area contributed by atoms with Crippen molar-refractivity contribution in [2.24, 2.45) is 0 Å². The maximum atomic E-state index is 11.0. The van der Waals surface area contributed by atoms with Crippen molar-refractivity contribution < 1.29 is 14.7 Å². The second-order valence-electron chi connectivity index (χ2n) is 3.86. The van der Waals surface area contributed by atoms with Gasteiger partial charge in [-0.25, -0.2) is 0 Å². The van der Waals surface area contributed by atoms with E-state index >= 15 is 0 Å². The first-order valence-corrected chi connectivity index (χ1v) is 5.94. The molecular weight excluding hydrogens is 286 g/mol. The highest BCUT2D eigenvalue weighted by molar-refractivity contribution is 9.10. The van der Waals surface area contributed by atoms with E-state index in [0.29, 0.717) is 0 Å². The zero-order valence-corrected chi connectivity index (χ0v) is 11.2. The van der Waals surface area contributed by atoms with Crippen molar-refractivity contribution in [2.45, 2.75) is 26.3 Å². The molecule has 92 valence electrons. The van der Waals surface area contributed by atoms with Crippen LogP contribution in [0.5, 0.6) is 0 Å². The van der Waals surface area contributed by atoms with Crippen LogP contribution in [0.4, 0.5) is 0 Å². The normalized spacial score (nSPS) is 11.9. The van der Waals surface area contributed by atoms with E-state index in [4.69, 9.17) is 5.11 Å². The first-order valence-electron chi connectivity index (χ1n) is 5.15. The van der Waals surface area contributed by atoms with E-state index in [1.165, 1.54) is 6.92 Å². The third-order valence-electron chi connectivity index (χ3n) is 2.34. The molecule has 4 nitrogen and oxygen atoms in total. The maximum absolute atomic E-state index is 11.0. The molecule has 0 aromatic heterocycles. The van der Waals surface area contributed by atoms with E-state index in [2.05, 4.69) is 21.2 Å². The maximum Gasteiger partial charge on any atom is 0.305 e. The van der Waals surface area contributed by atoms with Gasteiger partial charge in [0.2, 0.25) is 5.91 Å². The average Bonchev–Trinajstić information content (AvgIpc) is 2.19. The lowest BCUT2D eigenvalue weighted by molar-refractivity contribution is -0.137. The number of hydrogen-bond donors (Lipinski definition) is 2.